The van der Waals surface area contributed by atoms with E-state index in [9.17, 15) is 0 Å². The Labute approximate surface area is 125 Å². The normalized spacial score (nSPS) is 12.2. The quantitative estimate of drug-likeness (QED) is 0.690. The van der Waals surface area contributed by atoms with E-state index in [1.54, 1.807) is 0 Å². The molecule has 3 aromatic rings. The smallest absolute Gasteiger partial charge is 0.0302 e. The molecule has 21 heavy (non-hydrogen) atoms. The van der Waals surface area contributed by atoms with Crippen molar-refractivity contribution >= 4 is 0 Å². The monoisotopic (exact) mass is 276 g/mol. The van der Waals surface area contributed by atoms with Crippen LogP contribution in [0.3, 0.4) is 0 Å². The van der Waals surface area contributed by atoms with Crippen molar-refractivity contribution in [1.29, 1.82) is 0 Å². The number of pyridine rings is 2. The molecule has 1 radical (unpaired) electrons. The summed E-state index contributed by atoms with van der Waals surface area (Å²) < 4.78 is 2.18. The van der Waals surface area contributed by atoms with E-state index in [0.29, 0.717) is 5.92 Å². The lowest BCUT2D eigenvalue weighted by Crippen LogP contribution is -2.08. The van der Waals surface area contributed by atoms with Crippen LogP contribution in [0.2, 0.25) is 0 Å². The molecule has 0 saturated heterocycles. The molecule has 3 rings (SSSR count). The lowest BCUT2D eigenvalue weighted by molar-refractivity contribution is 0.670. The van der Waals surface area contributed by atoms with Crippen molar-refractivity contribution < 1.29 is 0 Å². The fourth-order valence-corrected chi connectivity index (χ4v) is 2.45. The van der Waals surface area contributed by atoms with Gasteiger partial charge in [-0.05, 0) is 60.2 Å². The number of rotatable bonds is 6. The molecule has 0 aliphatic heterocycles. The summed E-state index contributed by atoms with van der Waals surface area (Å²) in [5.41, 5.74) is 2.55. The summed E-state index contributed by atoms with van der Waals surface area (Å²) in [6, 6.07) is 12.4. The van der Waals surface area contributed by atoms with Gasteiger partial charge in [-0.2, -0.15) is 0 Å². The van der Waals surface area contributed by atoms with E-state index in [4.69, 9.17) is 0 Å². The van der Waals surface area contributed by atoms with Crippen LogP contribution in [0, 0.1) is 6.42 Å². The standard InChI is InChI=1S/C18H18N3/c1-2-12-21(11-1)13-7-17(18-4-3-8-20-15-18)14-16-5-9-19-10-6-16/h1-12,15,17H,13-14H2. The van der Waals surface area contributed by atoms with E-state index in [1.807, 2.05) is 30.9 Å². The van der Waals surface area contributed by atoms with E-state index in [0.717, 1.165) is 13.0 Å². The second-order valence-corrected chi connectivity index (χ2v) is 5.07. The van der Waals surface area contributed by atoms with Gasteiger partial charge < -0.3 is 4.57 Å². The molecule has 0 aliphatic carbocycles. The molecule has 105 valence electrons. The van der Waals surface area contributed by atoms with E-state index in [-0.39, 0.29) is 0 Å². The average Bonchev–Trinajstić information content (AvgIpc) is 3.07. The molecule has 0 aromatic carbocycles. The van der Waals surface area contributed by atoms with E-state index < -0.39 is 0 Å². The highest BCUT2D eigenvalue weighted by atomic mass is 14.9. The minimum atomic E-state index is 0.350. The highest BCUT2D eigenvalue weighted by Crippen LogP contribution is 2.23. The fraction of sp³-hybridized carbons (Fsp3) is 0.167. The second-order valence-electron chi connectivity index (χ2n) is 5.07. The number of aromatic nitrogens is 3. The Morgan fingerprint density at radius 3 is 2.48 bits per heavy atom. The van der Waals surface area contributed by atoms with Crippen molar-refractivity contribution in [3.05, 3.63) is 91.1 Å². The SMILES string of the molecule is [CH](Cn1cccc1)C(Cc1ccncc1)c1cccnc1. The highest BCUT2D eigenvalue weighted by molar-refractivity contribution is 5.23. The number of hydrogen-bond donors (Lipinski definition) is 0. The molecule has 1 atom stereocenters. The fourth-order valence-electron chi connectivity index (χ4n) is 2.45. The van der Waals surface area contributed by atoms with Crippen LogP contribution in [-0.4, -0.2) is 14.5 Å². The molecule has 0 amide bonds. The van der Waals surface area contributed by atoms with Gasteiger partial charge in [-0.1, -0.05) is 6.07 Å². The zero-order valence-corrected chi connectivity index (χ0v) is 11.8. The average molecular weight is 276 g/mol. The van der Waals surface area contributed by atoms with Crippen molar-refractivity contribution in [3.63, 3.8) is 0 Å². The van der Waals surface area contributed by atoms with Crippen LogP contribution >= 0.6 is 0 Å². The summed E-state index contributed by atoms with van der Waals surface area (Å²) in [6.45, 7) is 0.900. The minimum Gasteiger partial charge on any atom is -0.354 e. The minimum absolute atomic E-state index is 0.350. The molecule has 3 heteroatoms. The van der Waals surface area contributed by atoms with Gasteiger partial charge in [0.25, 0.3) is 0 Å². The summed E-state index contributed by atoms with van der Waals surface area (Å²) in [7, 11) is 0. The Bertz CT molecular complexity index is 633. The summed E-state index contributed by atoms with van der Waals surface area (Å²) in [5.74, 6) is 0.350. The highest BCUT2D eigenvalue weighted by Gasteiger charge is 2.13. The van der Waals surface area contributed by atoms with Crippen LogP contribution in [0.5, 0.6) is 0 Å². The van der Waals surface area contributed by atoms with Crippen LogP contribution in [0.1, 0.15) is 17.0 Å². The summed E-state index contributed by atoms with van der Waals surface area (Å²) in [4.78, 5) is 8.34. The van der Waals surface area contributed by atoms with E-state index in [1.165, 1.54) is 11.1 Å². The number of nitrogens with zero attached hydrogens (tertiary/aromatic N) is 3. The summed E-state index contributed by atoms with van der Waals surface area (Å²) in [5, 5.41) is 0. The lowest BCUT2D eigenvalue weighted by atomic mass is 9.90. The van der Waals surface area contributed by atoms with Gasteiger partial charge in [0.2, 0.25) is 0 Å². The maximum atomic E-state index is 4.25. The Morgan fingerprint density at radius 1 is 0.952 bits per heavy atom. The third-order valence-corrected chi connectivity index (χ3v) is 3.58. The summed E-state index contributed by atoms with van der Waals surface area (Å²) >= 11 is 0. The molecule has 1 unspecified atom stereocenters. The van der Waals surface area contributed by atoms with Crippen molar-refractivity contribution in [2.75, 3.05) is 0 Å². The molecule has 0 bridgehead atoms. The molecule has 0 N–H and O–H groups in total. The van der Waals surface area contributed by atoms with Gasteiger partial charge in [0.15, 0.2) is 0 Å². The third kappa shape index (κ3) is 3.78. The lowest BCUT2D eigenvalue weighted by Gasteiger charge is -2.17. The van der Waals surface area contributed by atoms with Crippen molar-refractivity contribution in [2.45, 2.75) is 18.9 Å². The Morgan fingerprint density at radius 2 is 1.76 bits per heavy atom. The third-order valence-electron chi connectivity index (χ3n) is 3.58. The van der Waals surface area contributed by atoms with Gasteiger partial charge in [-0.25, -0.2) is 0 Å². The maximum Gasteiger partial charge on any atom is 0.0302 e. The zero-order valence-electron chi connectivity index (χ0n) is 11.8. The molecule has 3 nitrogen and oxygen atoms in total. The zero-order chi connectivity index (χ0) is 14.3. The van der Waals surface area contributed by atoms with Crippen LogP contribution in [0.4, 0.5) is 0 Å². The van der Waals surface area contributed by atoms with Crippen LogP contribution < -0.4 is 0 Å². The van der Waals surface area contributed by atoms with E-state index >= 15 is 0 Å². The molecule has 0 aliphatic rings. The van der Waals surface area contributed by atoms with Crippen LogP contribution in [-0.2, 0) is 13.0 Å². The first kappa shape index (κ1) is 13.6. The molecular weight excluding hydrogens is 258 g/mol. The largest absolute Gasteiger partial charge is 0.354 e. The van der Waals surface area contributed by atoms with Gasteiger partial charge in [-0.15, -0.1) is 0 Å². The molecule has 0 spiro atoms. The van der Waals surface area contributed by atoms with Crippen molar-refractivity contribution in [2.24, 2.45) is 0 Å². The first-order valence-electron chi connectivity index (χ1n) is 7.15. The second kappa shape index (κ2) is 6.84. The van der Waals surface area contributed by atoms with Crippen molar-refractivity contribution in [3.8, 4) is 0 Å². The molecule has 0 saturated carbocycles. The van der Waals surface area contributed by atoms with E-state index in [2.05, 4.69) is 63.7 Å². The number of hydrogen-bond acceptors (Lipinski definition) is 2. The molecular formula is C18H18N3. The van der Waals surface area contributed by atoms with Gasteiger partial charge in [0.05, 0.1) is 0 Å². The van der Waals surface area contributed by atoms with Crippen LogP contribution in [0.25, 0.3) is 0 Å². The van der Waals surface area contributed by atoms with Crippen molar-refractivity contribution in [1.82, 2.24) is 14.5 Å². The molecule has 3 aromatic heterocycles. The Hall–Kier alpha value is -2.42. The predicted octanol–water partition coefficient (Wildman–Crippen LogP) is 3.51. The van der Waals surface area contributed by atoms with Gasteiger partial charge in [-0.3, -0.25) is 9.97 Å². The summed E-state index contributed by atoms with van der Waals surface area (Å²) in [6.07, 6.45) is 15.0. The first-order valence-corrected chi connectivity index (χ1v) is 7.15. The van der Waals surface area contributed by atoms with Crippen LogP contribution in [0.15, 0.2) is 73.6 Å². The predicted molar refractivity (Wildman–Crippen MR) is 83.7 cm³/mol. The van der Waals surface area contributed by atoms with Gasteiger partial charge >= 0.3 is 0 Å². The van der Waals surface area contributed by atoms with Gasteiger partial charge in [0.1, 0.15) is 0 Å². The molecule has 3 heterocycles. The van der Waals surface area contributed by atoms with Gasteiger partial charge in [0, 0.05) is 43.7 Å². The maximum absolute atomic E-state index is 4.25. The first-order chi connectivity index (χ1) is 10.4. The Kier molecular flexibility index (Phi) is 4.42. The Balaban J connectivity index is 1.74. The molecule has 0 fully saturated rings. The topological polar surface area (TPSA) is 30.7 Å².